The second kappa shape index (κ2) is 4.32. The Morgan fingerprint density at radius 1 is 1.23 bits per heavy atom. The predicted octanol–water partition coefficient (Wildman–Crippen LogP) is 0.145. The number of hydrogen-bond donors (Lipinski definition) is 3. The van der Waals surface area contributed by atoms with Gasteiger partial charge in [-0.25, -0.2) is 4.39 Å². The van der Waals surface area contributed by atoms with Crippen molar-refractivity contribution in [2.45, 2.75) is 12.1 Å². The molecule has 4 heteroatoms. The van der Waals surface area contributed by atoms with E-state index in [4.69, 9.17) is 16.6 Å². The van der Waals surface area contributed by atoms with E-state index in [1.165, 1.54) is 12.1 Å². The zero-order chi connectivity index (χ0) is 9.84. The van der Waals surface area contributed by atoms with Crippen LogP contribution in [0.15, 0.2) is 24.3 Å². The van der Waals surface area contributed by atoms with Gasteiger partial charge in [0.05, 0.1) is 6.61 Å². The lowest BCUT2D eigenvalue weighted by molar-refractivity contribution is 0.250. The Bertz CT molecular complexity index is 263. The molecule has 0 heterocycles. The molecule has 3 nitrogen and oxygen atoms in total. The molecule has 5 N–H and O–H groups in total. The first-order valence-corrected chi connectivity index (χ1v) is 4.02. The first-order chi connectivity index (χ1) is 6.15. The minimum Gasteiger partial charge on any atom is -0.395 e. The van der Waals surface area contributed by atoms with Crippen molar-refractivity contribution >= 4 is 0 Å². The van der Waals surface area contributed by atoms with Crippen LogP contribution in [-0.4, -0.2) is 17.8 Å². The highest BCUT2D eigenvalue weighted by molar-refractivity contribution is 5.20. The molecule has 0 saturated carbocycles. The van der Waals surface area contributed by atoms with Gasteiger partial charge in [0, 0.05) is 12.1 Å². The molecule has 0 aliphatic rings. The second-order valence-corrected chi connectivity index (χ2v) is 2.92. The van der Waals surface area contributed by atoms with Crippen LogP contribution in [0.2, 0.25) is 0 Å². The van der Waals surface area contributed by atoms with E-state index in [1.807, 2.05) is 0 Å². The zero-order valence-electron chi connectivity index (χ0n) is 7.15. The molecule has 1 aromatic carbocycles. The molecule has 0 radical (unpaired) electrons. The smallest absolute Gasteiger partial charge is 0.123 e. The summed E-state index contributed by atoms with van der Waals surface area (Å²) in [5, 5.41) is 8.74. The second-order valence-electron chi connectivity index (χ2n) is 2.92. The SMILES string of the molecule is NC(CO)C(N)c1ccc(F)cc1. The Hall–Kier alpha value is -0.970. The maximum absolute atomic E-state index is 12.5. The molecule has 0 bridgehead atoms. The number of aliphatic hydroxyl groups excluding tert-OH is 1. The summed E-state index contributed by atoms with van der Waals surface area (Å²) in [6.45, 7) is -0.182. The molecule has 0 aliphatic heterocycles. The van der Waals surface area contributed by atoms with E-state index in [2.05, 4.69) is 0 Å². The van der Waals surface area contributed by atoms with Crippen molar-refractivity contribution in [3.63, 3.8) is 0 Å². The van der Waals surface area contributed by atoms with E-state index < -0.39 is 12.1 Å². The molecule has 0 amide bonds. The van der Waals surface area contributed by atoms with Gasteiger partial charge in [0.15, 0.2) is 0 Å². The number of aliphatic hydroxyl groups is 1. The highest BCUT2D eigenvalue weighted by Crippen LogP contribution is 2.13. The van der Waals surface area contributed by atoms with Gasteiger partial charge < -0.3 is 16.6 Å². The van der Waals surface area contributed by atoms with Gasteiger partial charge in [-0.15, -0.1) is 0 Å². The van der Waals surface area contributed by atoms with Crippen LogP contribution >= 0.6 is 0 Å². The highest BCUT2D eigenvalue weighted by atomic mass is 19.1. The summed E-state index contributed by atoms with van der Waals surface area (Å²) in [5.41, 5.74) is 11.9. The van der Waals surface area contributed by atoms with Crippen molar-refractivity contribution in [2.24, 2.45) is 11.5 Å². The van der Waals surface area contributed by atoms with E-state index in [0.717, 1.165) is 5.56 Å². The van der Waals surface area contributed by atoms with Crippen LogP contribution in [0.25, 0.3) is 0 Å². The van der Waals surface area contributed by atoms with Crippen LogP contribution in [0.5, 0.6) is 0 Å². The number of benzene rings is 1. The van der Waals surface area contributed by atoms with Gasteiger partial charge in [-0.05, 0) is 17.7 Å². The third-order valence-electron chi connectivity index (χ3n) is 1.93. The summed E-state index contributed by atoms with van der Waals surface area (Å²) in [7, 11) is 0. The van der Waals surface area contributed by atoms with Crippen LogP contribution in [0.1, 0.15) is 11.6 Å². The molecule has 72 valence electrons. The number of nitrogens with two attached hydrogens (primary N) is 2. The number of rotatable bonds is 3. The Morgan fingerprint density at radius 3 is 2.23 bits per heavy atom. The standard InChI is InChI=1S/C9H13FN2O/c10-7-3-1-6(2-4-7)9(12)8(11)5-13/h1-4,8-9,13H,5,11-12H2. The summed E-state index contributed by atoms with van der Waals surface area (Å²) in [4.78, 5) is 0. The lowest BCUT2D eigenvalue weighted by atomic mass is 10.0. The van der Waals surface area contributed by atoms with Crippen LogP contribution < -0.4 is 11.5 Å². The van der Waals surface area contributed by atoms with Crippen molar-refractivity contribution in [3.8, 4) is 0 Å². The molecule has 0 fully saturated rings. The Morgan fingerprint density at radius 2 is 1.77 bits per heavy atom. The average Bonchev–Trinajstić information content (AvgIpc) is 2.17. The maximum atomic E-state index is 12.5. The molecule has 0 aliphatic carbocycles. The fourth-order valence-corrected chi connectivity index (χ4v) is 1.05. The van der Waals surface area contributed by atoms with Gasteiger partial charge >= 0.3 is 0 Å². The minimum atomic E-state index is -0.509. The Labute approximate surface area is 76.2 Å². The first-order valence-electron chi connectivity index (χ1n) is 4.02. The molecule has 0 aromatic heterocycles. The van der Waals surface area contributed by atoms with E-state index in [0.29, 0.717) is 0 Å². The molecule has 2 atom stereocenters. The molecule has 0 saturated heterocycles. The third-order valence-corrected chi connectivity index (χ3v) is 1.93. The highest BCUT2D eigenvalue weighted by Gasteiger charge is 2.13. The quantitative estimate of drug-likeness (QED) is 0.626. The Balaban J connectivity index is 2.77. The fourth-order valence-electron chi connectivity index (χ4n) is 1.05. The van der Waals surface area contributed by atoms with E-state index in [9.17, 15) is 4.39 Å². The summed E-state index contributed by atoms with van der Waals surface area (Å²) >= 11 is 0. The zero-order valence-corrected chi connectivity index (χ0v) is 7.15. The van der Waals surface area contributed by atoms with Crippen molar-refractivity contribution in [3.05, 3.63) is 35.6 Å². The lowest BCUT2D eigenvalue weighted by Crippen LogP contribution is -2.37. The van der Waals surface area contributed by atoms with Crippen molar-refractivity contribution in [1.82, 2.24) is 0 Å². The monoisotopic (exact) mass is 184 g/mol. The summed E-state index contributed by atoms with van der Waals surface area (Å²) < 4.78 is 12.5. The van der Waals surface area contributed by atoms with E-state index >= 15 is 0 Å². The van der Waals surface area contributed by atoms with Crippen LogP contribution in [0.4, 0.5) is 4.39 Å². The van der Waals surface area contributed by atoms with Crippen LogP contribution in [0.3, 0.4) is 0 Å². The lowest BCUT2D eigenvalue weighted by Gasteiger charge is -2.17. The Kier molecular flexibility index (Phi) is 3.36. The predicted molar refractivity (Wildman–Crippen MR) is 48.4 cm³/mol. The maximum Gasteiger partial charge on any atom is 0.123 e. The van der Waals surface area contributed by atoms with Gasteiger partial charge in [-0.2, -0.15) is 0 Å². The van der Waals surface area contributed by atoms with Gasteiger partial charge in [-0.1, -0.05) is 12.1 Å². The number of halogens is 1. The van der Waals surface area contributed by atoms with E-state index in [-0.39, 0.29) is 12.4 Å². The van der Waals surface area contributed by atoms with Crippen LogP contribution in [-0.2, 0) is 0 Å². The largest absolute Gasteiger partial charge is 0.395 e. The van der Waals surface area contributed by atoms with Gasteiger partial charge in [0.1, 0.15) is 5.82 Å². The molecular formula is C9H13FN2O. The van der Waals surface area contributed by atoms with Crippen molar-refractivity contribution < 1.29 is 9.50 Å². The summed E-state index contributed by atoms with van der Waals surface area (Å²) in [6.07, 6.45) is 0. The third kappa shape index (κ3) is 2.48. The molecule has 1 aromatic rings. The van der Waals surface area contributed by atoms with Crippen LogP contribution in [0, 0.1) is 5.82 Å². The topological polar surface area (TPSA) is 72.3 Å². The van der Waals surface area contributed by atoms with Crippen molar-refractivity contribution in [2.75, 3.05) is 6.61 Å². The molecule has 2 unspecified atom stereocenters. The fraction of sp³-hybridized carbons (Fsp3) is 0.333. The molecular weight excluding hydrogens is 171 g/mol. The van der Waals surface area contributed by atoms with Gasteiger partial charge in [0.2, 0.25) is 0 Å². The molecule has 0 spiro atoms. The summed E-state index contributed by atoms with van der Waals surface area (Å²) in [5.74, 6) is -0.312. The minimum absolute atomic E-state index is 0.182. The molecule has 13 heavy (non-hydrogen) atoms. The normalized spacial score (nSPS) is 15.4. The van der Waals surface area contributed by atoms with Crippen molar-refractivity contribution in [1.29, 1.82) is 0 Å². The van der Waals surface area contributed by atoms with Gasteiger partial charge in [0.25, 0.3) is 0 Å². The number of hydrogen-bond acceptors (Lipinski definition) is 3. The van der Waals surface area contributed by atoms with Gasteiger partial charge in [-0.3, -0.25) is 0 Å². The average molecular weight is 184 g/mol. The first kappa shape index (κ1) is 10.1. The summed E-state index contributed by atoms with van der Waals surface area (Å²) in [6, 6.07) is 4.81. The molecule has 1 rings (SSSR count). The van der Waals surface area contributed by atoms with E-state index in [1.54, 1.807) is 12.1 Å².